The maximum Gasteiger partial charge on any atom is 0.320 e. The van der Waals surface area contributed by atoms with E-state index < -0.39 is 29.5 Å². The third kappa shape index (κ3) is 6.42. The number of nitrogens with one attached hydrogen (secondary N) is 1. The van der Waals surface area contributed by atoms with Crippen LogP contribution < -0.4 is 5.32 Å². The maximum absolute atomic E-state index is 13.9. The average Bonchev–Trinajstić information content (AvgIpc) is 3.45. The van der Waals surface area contributed by atoms with Crippen molar-refractivity contribution >= 4 is 17.8 Å². The molecule has 3 heterocycles. The Kier molecular flexibility index (Phi) is 9.59. The van der Waals surface area contributed by atoms with E-state index in [0.717, 1.165) is 18.4 Å². The highest BCUT2D eigenvalue weighted by atomic mass is 16.6. The number of carbonyl (C=O) groups excluding carboxylic acids is 3. The fourth-order valence-corrected chi connectivity index (χ4v) is 5.44. The highest BCUT2D eigenvalue weighted by Gasteiger charge is 2.59. The normalized spacial score (nSPS) is 24.6. The molecule has 0 bridgehead atoms. The summed E-state index contributed by atoms with van der Waals surface area (Å²) in [5.74, 6) is -1.12. The zero-order chi connectivity index (χ0) is 27.8. The number of esters is 1. The van der Waals surface area contributed by atoms with Crippen LogP contribution in [0.3, 0.4) is 0 Å². The van der Waals surface area contributed by atoms with Crippen molar-refractivity contribution < 1.29 is 33.0 Å². The Morgan fingerprint density at radius 1 is 1.18 bits per heavy atom. The second kappa shape index (κ2) is 13.1. The van der Waals surface area contributed by atoms with E-state index in [0.29, 0.717) is 24.6 Å². The van der Waals surface area contributed by atoms with Gasteiger partial charge in [-0.2, -0.15) is 0 Å². The van der Waals surface area contributed by atoms with Crippen molar-refractivity contribution in [2.75, 3.05) is 20.3 Å². The molecule has 2 aliphatic heterocycles. The number of benzene rings is 1. The summed E-state index contributed by atoms with van der Waals surface area (Å²) in [4.78, 5) is 41.7. The smallest absolute Gasteiger partial charge is 0.320 e. The molecule has 2 aliphatic rings. The number of hydrogen-bond donors (Lipinski definition) is 1. The van der Waals surface area contributed by atoms with Gasteiger partial charge in [0.05, 0.1) is 39.2 Å². The van der Waals surface area contributed by atoms with E-state index in [1.165, 1.54) is 13.4 Å². The van der Waals surface area contributed by atoms with E-state index in [2.05, 4.69) is 5.32 Å². The number of amides is 2. The van der Waals surface area contributed by atoms with E-state index in [1.54, 1.807) is 23.1 Å². The molecular weight excluding hydrogens is 500 g/mol. The van der Waals surface area contributed by atoms with Gasteiger partial charge >= 0.3 is 5.97 Å². The van der Waals surface area contributed by atoms with Gasteiger partial charge in [0.25, 0.3) is 0 Å². The summed E-state index contributed by atoms with van der Waals surface area (Å²) in [6, 6.07) is 13.3. The van der Waals surface area contributed by atoms with Crippen LogP contribution in [0.15, 0.2) is 64.9 Å². The van der Waals surface area contributed by atoms with Gasteiger partial charge in [0.15, 0.2) is 0 Å². The van der Waals surface area contributed by atoms with Crippen LogP contribution in [0, 0.1) is 11.3 Å². The fraction of sp³-hybridized carbons (Fsp3) is 0.500. The monoisotopic (exact) mass is 538 g/mol. The molecule has 1 saturated heterocycles. The standard InChI is InChI=1S/C30H38N2O7/c1-4-5-13-31-27(33)15-23-17-30(29(35)36-3)21(2)39-25(20-37-19-22-10-7-6-8-11-22)16-26(30)32(28(23)34)18-24-12-9-14-38-24/h6-12,14,16,21,23,25H,4-5,13,15,17-20H2,1-3H3,(H,31,33)/t21-,23+,25-,30+/m1/s1. The van der Waals surface area contributed by atoms with Gasteiger partial charge in [-0.05, 0) is 43.5 Å². The van der Waals surface area contributed by atoms with Gasteiger partial charge in [0.1, 0.15) is 17.3 Å². The average molecular weight is 539 g/mol. The Balaban J connectivity index is 1.63. The number of likely N-dealkylation sites (tertiary alicyclic amines) is 1. The Hall–Kier alpha value is -3.43. The molecule has 9 heteroatoms. The summed E-state index contributed by atoms with van der Waals surface area (Å²) in [6.07, 6.45) is 4.10. The maximum atomic E-state index is 13.9. The number of nitrogens with zero attached hydrogens (tertiary/aromatic N) is 1. The second-order valence-corrected chi connectivity index (χ2v) is 10.1. The van der Waals surface area contributed by atoms with E-state index >= 15 is 0 Å². The minimum atomic E-state index is -1.26. The molecule has 2 amide bonds. The topological polar surface area (TPSA) is 107 Å². The largest absolute Gasteiger partial charge is 0.468 e. The number of methoxy groups -OCH3 is 1. The molecule has 1 aromatic carbocycles. The van der Waals surface area contributed by atoms with E-state index in [4.69, 9.17) is 18.6 Å². The van der Waals surface area contributed by atoms with Gasteiger partial charge in [-0.25, -0.2) is 0 Å². The van der Waals surface area contributed by atoms with E-state index in [-0.39, 0.29) is 37.8 Å². The van der Waals surface area contributed by atoms with Crippen molar-refractivity contribution in [3.63, 3.8) is 0 Å². The highest BCUT2D eigenvalue weighted by Crippen LogP contribution is 2.50. The molecule has 0 saturated carbocycles. The van der Waals surface area contributed by atoms with Crippen molar-refractivity contribution in [3.05, 3.63) is 71.8 Å². The minimum absolute atomic E-state index is 0.0282. The molecule has 4 rings (SSSR count). The lowest BCUT2D eigenvalue weighted by atomic mass is 9.66. The van der Waals surface area contributed by atoms with Crippen LogP contribution >= 0.6 is 0 Å². The molecule has 0 aliphatic carbocycles. The first-order valence-corrected chi connectivity index (χ1v) is 13.6. The molecular formula is C30H38N2O7. The second-order valence-electron chi connectivity index (χ2n) is 10.1. The minimum Gasteiger partial charge on any atom is -0.468 e. The molecule has 39 heavy (non-hydrogen) atoms. The lowest BCUT2D eigenvalue weighted by molar-refractivity contribution is -0.178. The number of piperidine rings is 1. The van der Waals surface area contributed by atoms with Crippen molar-refractivity contribution in [1.29, 1.82) is 0 Å². The summed E-state index contributed by atoms with van der Waals surface area (Å²) < 4.78 is 23.1. The highest BCUT2D eigenvalue weighted by molar-refractivity contribution is 5.92. The Labute approximate surface area is 229 Å². The predicted octanol–water partition coefficient (Wildman–Crippen LogP) is 3.98. The Bertz CT molecular complexity index is 1150. The van der Waals surface area contributed by atoms with Crippen LogP contribution in [0.2, 0.25) is 0 Å². The fourth-order valence-electron chi connectivity index (χ4n) is 5.44. The van der Waals surface area contributed by atoms with Crippen LogP contribution in [0.1, 0.15) is 50.9 Å². The summed E-state index contributed by atoms with van der Waals surface area (Å²) in [6.45, 7) is 5.17. The molecule has 2 aromatic rings. The number of fused-ring (bicyclic) bond motifs is 1. The molecule has 1 aromatic heterocycles. The van der Waals surface area contributed by atoms with Gasteiger partial charge in [0.2, 0.25) is 11.8 Å². The Morgan fingerprint density at radius 2 is 1.97 bits per heavy atom. The first-order chi connectivity index (χ1) is 18.9. The van der Waals surface area contributed by atoms with E-state index in [9.17, 15) is 14.4 Å². The third-order valence-corrected chi connectivity index (χ3v) is 7.47. The van der Waals surface area contributed by atoms with Gasteiger partial charge in [-0.1, -0.05) is 43.7 Å². The number of furan rings is 1. The van der Waals surface area contributed by atoms with Crippen molar-refractivity contribution in [2.45, 2.75) is 64.9 Å². The molecule has 1 N–H and O–H groups in total. The molecule has 4 atom stereocenters. The van der Waals surface area contributed by atoms with Gasteiger partial charge in [-0.3, -0.25) is 14.4 Å². The van der Waals surface area contributed by atoms with E-state index in [1.807, 2.05) is 44.2 Å². The van der Waals surface area contributed by atoms with Crippen molar-refractivity contribution in [3.8, 4) is 0 Å². The van der Waals surface area contributed by atoms with Gasteiger partial charge < -0.3 is 28.8 Å². The zero-order valence-corrected chi connectivity index (χ0v) is 22.9. The van der Waals surface area contributed by atoms with Crippen LogP contribution in [0.5, 0.6) is 0 Å². The van der Waals surface area contributed by atoms with Crippen LogP contribution in [-0.4, -0.2) is 55.2 Å². The zero-order valence-electron chi connectivity index (χ0n) is 22.9. The van der Waals surface area contributed by atoms with Crippen LogP contribution in [0.4, 0.5) is 0 Å². The number of rotatable bonds is 12. The number of ether oxygens (including phenoxy) is 3. The van der Waals surface area contributed by atoms with Gasteiger partial charge in [0, 0.05) is 24.6 Å². The number of unbranched alkanes of at least 4 members (excludes halogenated alkanes) is 1. The molecule has 9 nitrogen and oxygen atoms in total. The van der Waals surface area contributed by atoms with Crippen molar-refractivity contribution in [1.82, 2.24) is 10.2 Å². The lowest BCUT2D eigenvalue weighted by Gasteiger charge is -2.51. The molecule has 210 valence electrons. The number of carbonyl (C=O) groups is 3. The summed E-state index contributed by atoms with van der Waals surface area (Å²) in [5, 5.41) is 2.89. The first-order valence-electron chi connectivity index (χ1n) is 13.6. The quantitative estimate of drug-likeness (QED) is 0.322. The summed E-state index contributed by atoms with van der Waals surface area (Å²) in [7, 11) is 1.33. The summed E-state index contributed by atoms with van der Waals surface area (Å²) >= 11 is 0. The molecule has 0 spiro atoms. The predicted molar refractivity (Wildman–Crippen MR) is 143 cm³/mol. The van der Waals surface area contributed by atoms with Crippen LogP contribution in [0.25, 0.3) is 0 Å². The summed E-state index contributed by atoms with van der Waals surface area (Å²) in [5.41, 5.74) is 0.273. The van der Waals surface area contributed by atoms with Gasteiger partial charge in [-0.15, -0.1) is 0 Å². The first kappa shape index (κ1) is 28.6. The third-order valence-electron chi connectivity index (χ3n) is 7.47. The Morgan fingerprint density at radius 3 is 2.67 bits per heavy atom. The SMILES string of the molecule is CCCCNC(=O)C[C@H]1C[C@@]2(C(=O)OC)C(=C[C@H](COCc3ccccc3)O[C@@H]2C)N(Cc2ccco2)C1=O. The molecule has 0 unspecified atom stereocenters. The molecule has 1 fully saturated rings. The van der Waals surface area contributed by atoms with Crippen LogP contribution in [-0.2, 0) is 41.7 Å². The molecule has 0 radical (unpaired) electrons. The van der Waals surface area contributed by atoms with Crippen molar-refractivity contribution in [2.24, 2.45) is 11.3 Å². The number of hydrogen-bond acceptors (Lipinski definition) is 7. The lowest BCUT2D eigenvalue weighted by Crippen LogP contribution is -2.60.